The van der Waals surface area contributed by atoms with Gasteiger partial charge < -0.3 is 30.8 Å². The SMILES string of the molecule is COC[C@H](N)CCCc1cc(OC(F)(F)F)c(F)c(-c2cc3cn(-c4ccc([C@@H]5CCC[C@@H](CCNC(C)=N)N5)nc4)c(=O)nc3[nH]2)c1. The molecule has 5 rings (SSSR count). The van der Waals surface area contributed by atoms with E-state index >= 15 is 4.39 Å². The first-order chi connectivity index (χ1) is 22.9. The standard InChI is InChI=1S/C33H40F4N8O3/c1-19(38)40-12-11-23-7-4-8-27(42-23)26-10-9-24(16-41-26)45-17-21-15-28(43-31(21)44-32(45)46)25-13-20(5-3-6-22(39)18-47-2)14-29(30(25)34)48-33(35,36)37/h9-10,13-17,22-23,27,42H,3-8,11-12,18,39H2,1-2H3,(H2,38,40)(H,43,44,46)/t22-,23+,27+/m1/s1. The van der Waals surface area contributed by atoms with Crippen LogP contribution in [0, 0.1) is 11.2 Å². The lowest BCUT2D eigenvalue weighted by molar-refractivity contribution is -0.275. The van der Waals surface area contributed by atoms with Crippen LogP contribution >= 0.6 is 0 Å². The summed E-state index contributed by atoms with van der Waals surface area (Å²) in [5, 5.41) is 14.7. The summed E-state index contributed by atoms with van der Waals surface area (Å²) in [6, 6.07) is 7.77. The van der Waals surface area contributed by atoms with Crippen molar-refractivity contribution in [3.8, 4) is 22.7 Å². The van der Waals surface area contributed by atoms with E-state index in [-0.39, 0.29) is 29.0 Å². The second kappa shape index (κ2) is 15.3. The molecule has 0 bridgehead atoms. The van der Waals surface area contributed by atoms with Crippen molar-refractivity contribution in [3.63, 3.8) is 0 Å². The molecule has 1 saturated heterocycles. The van der Waals surface area contributed by atoms with Gasteiger partial charge in [-0.15, -0.1) is 13.2 Å². The molecule has 0 saturated carbocycles. The zero-order valence-corrected chi connectivity index (χ0v) is 26.8. The minimum Gasteiger partial charge on any atom is -0.403 e. The molecule has 11 nitrogen and oxygen atoms in total. The second-order valence-electron chi connectivity index (χ2n) is 12.1. The van der Waals surface area contributed by atoms with Crippen molar-refractivity contribution in [2.24, 2.45) is 5.73 Å². The number of alkyl halides is 3. The van der Waals surface area contributed by atoms with E-state index in [0.717, 1.165) is 44.0 Å². The number of ether oxygens (including phenoxy) is 2. The average molecular weight is 673 g/mol. The van der Waals surface area contributed by atoms with E-state index in [1.54, 1.807) is 19.2 Å². The van der Waals surface area contributed by atoms with E-state index < -0.39 is 23.6 Å². The summed E-state index contributed by atoms with van der Waals surface area (Å²) in [6.07, 6.45) is 3.32. The first-order valence-corrected chi connectivity index (χ1v) is 15.9. The minimum atomic E-state index is -5.10. The van der Waals surface area contributed by atoms with Crippen molar-refractivity contribution in [2.75, 3.05) is 20.3 Å². The summed E-state index contributed by atoms with van der Waals surface area (Å²) in [6.45, 7) is 2.77. The molecule has 15 heteroatoms. The van der Waals surface area contributed by atoms with Gasteiger partial charge in [0.25, 0.3) is 0 Å². The Morgan fingerprint density at radius 2 is 2.06 bits per heavy atom. The Morgan fingerprint density at radius 1 is 1.25 bits per heavy atom. The van der Waals surface area contributed by atoms with Gasteiger partial charge in [0.1, 0.15) is 5.65 Å². The number of amidine groups is 1. The highest BCUT2D eigenvalue weighted by molar-refractivity contribution is 5.83. The number of nitrogens with two attached hydrogens (primary N) is 1. The monoisotopic (exact) mass is 672 g/mol. The number of hydrogen-bond donors (Lipinski definition) is 5. The first-order valence-electron chi connectivity index (χ1n) is 15.9. The lowest BCUT2D eigenvalue weighted by Gasteiger charge is -2.31. The lowest BCUT2D eigenvalue weighted by atomic mass is 9.94. The predicted octanol–water partition coefficient (Wildman–Crippen LogP) is 5.27. The number of aromatic nitrogens is 4. The number of aryl methyl sites for hydroxylation is 1. The van der Waals surface area contributed by atoms with Crippen molar-refractivity contribution < 1.29 is 27.0 Å². The molecule has 48 heavy (non-hydrogen) atoms. The number of nitrogens with zero attached hydrogens (tertiary/aromatic N) is 3. The average Bonchev–Trinajstić information content (AvgIpc) is 3.44. The zero-order valence-electron chi connectivity index (χ0n) is 26.8. The van der Waals surface area contributed by atoms with Crippen LogP contribution in [-0.2, 0) is 11.2 Å². The number of benzene rings is 1. The molecule has 0 radical (unpaired) electrons. The van der Waals surface area contributed by atoms with E-state index in [9.17, 15) is 18.0 Å². The van der Waals surface area contributed by atoms with Gasteiger partial charge in [-0.1, -0.05) is 0 Å². The van der Waals surface area contributed by atoms with Gasteiger partial charge in [0.05, 0.1) is 35.7 Å². The maximum atomic E-state index is 15.5. The maximum Gasteiger partial charge on any atom is 0.573 e. The summed E-state index contributed by atoms with van der Waals surface area (Å²) >= 11 is 0. The van der Waals surface area contributed by atoms with E-state index in [1.165, 1.54) is 30.0 Å². The van der Waals surface area contributed by atoms with Gasteiger partial charge in [-0.3, -0.25) is 15.0 Å². The smallest absolute Gasteiger partial charge is 0.403 e. The summed E-state index contributed by atoms with van der Waals surface area (Å²) in [5.74, 6) is -1.71. The summed E-state index contributed by atoms with van der Waals surface area (Å²) in [5.41, 5.74) is 7.23. The van der Waals surface area contributed by atoms with Gasteiger partial charge >= 0.3 is 12.1 Å². The van der Waals surface area contributed by atoms with Gasteiger partial charge in [0, 0.05) is 48.9 Å². The van der Waals surface area contributed by atoms with E-state index in [4.69, 9.17) is 15.9 Å². The molecule has 1 aliphatic rings. The fourth-order valence-electron chi connectivity index (χ4n) is 6.04. The van der Waals surface area contributed by atoms with Gasteiger partial charge in [0.2, 0.25) is 0 Å². The summed E-state index contributed by atoms with van der Waals surface area (Å²) in [7, 11) is 1.53. The minimum absolute atomic E-state index is 0.0578. The Bertz CT molecular complexity index is 1770. The number of methoxy groups -OCH3 is 1. The van der Waals surface area contributed by atoms with Gasteiger partial charge in [0.15, 0.2) is 11.6 Å². The number of H-pyrrole nitrogens is 1. The number of piperidine rings is 1. The fraction of sp³-hybridized carbons (Fsp3) is 0.455. The topological polar surface area (TPSA) is 156 Å². The Balaban J connectivity index is 1.38. The normalized spacial score (nSPS) is 17.4. The molecule has 3 atom stereocenters. The molecule has 1 aromatic carbocycles. The molecule has 258 valence electrons. The molecule has 6 N–H and O–H groups in total. The van der Waals surface area contributed by atoms with Crippen LogP contribution in [0.25, 0.3) is 28.0 Å². The van der Waals surface area contributed by atoms with E-state index in [1.807, 2.05) is 6.07 Å². The molecule has 4 aromatic rings. The number of aromatic amines is 1. The first kappa shape index (κ1) is 35.0. The van der Waals surface area contributed by atoms with Crippen LogP contribution in [0.4, 0.5) is 17.6 Å². The molecule has 4 heterocycles. The van der Waals surface area contributed by atoms with Crippen molar-refractivity contribution in [3.05, 3.63) is 70.3 Å². The Kier molecular flexibility index (Phi) is 11.1. The van der Waals surface area contributed by atoms with E-state index in [2.05, 4.69) is 30.3 Å². The second-order valence-corrected chi connectivity index (χ2v) is 12.1. The van der Waals surface area contributed by atoms with Gasteiger partial charge in [-0.05, 0) is 87.8 Å². The highest BCUT2D eigenvalue weighted by Gasteiger charge is 2.33. The number of fused-ring (bicyclic) bond motifs is 1. The highest BCUT2D eigenvalue weighted by atomic mass is 19.4. The van der Waals surface area contributed by atoms with Crippen LogP contribution < -0.4 is 26.8 Å². The number of halogens is 4. The summed E-state index contributed by atoms with van der Waals surface area (Å²) in [4.78, 5) is 24.7. The molecule has 3 aromatic heterocycles. The lowest BCUT2D eigenvalue weighted by Crippen LogP contribution is -2.39. The largest absolute Gasteiger partial charge is 0.573 e. The zero-order chi connectivity index (χ0) is 34.4. The Morgan fingerprint density at radius 3 is 2.77 bits per heavy atom. The molecule has 0 amide bonds. The third-order valence-corrected chi connectivity index (χ3v) is 8.32. The van der Waals surface area contributed by atoms with Crippen LogP contribution in [0.2, 0.25) is 0 Å². The third kappa shape index (κ3) is 8.96. The van der Waals surface area contributed by atoms with Crippen LogP contribution in [0.15, 0.2) is 47.5 Å². The maximum absolute atomic E-state index is 15.5. The molecule has 1 fully saturated rings. The Labute approximate surface area is 274 Å². The number of nitrogens with one attached hydrogen (secondary N) is 4. The number of pyridine rings is 1. The molecular weight excluding hydrogens is 632 g/mol. The fourth-order valence-corrected chi connectivity index (χ4v) is 6.04. The quantitative estimate of drug-likeness (QED) is 0.0731. The van der Waals surface area contributed by atoms with Gasteiger partial charge in [-0.25, -0.2) is 9.18 Å². The van der Waals surface area contributed by atoms with Crippen molar-refractivity contribution >= 4 is 16.9 Å². The number of hydrogen-bond acceptors (Lipinski definition) is 8. The van der Waals surface area contributed by atoms with Crippen molar-refractivity contribution in [1.29, 1.82) is 5.41 Å². The van der Waals surface area contributed by atoms with Crippen LogP contribution in [0.1, 0.15) is 62.7 Å². The van der Waals surface area contributed by atoms with Crippen molar-refractivity contribution in [1.82, 2.24) is 30.2 Å². The van der Waals surface area contributed by atoms with Crippen LogP contribution in [0.3, 0.4) is 0 Å². The molecule has 0 spiro atoms. The van der Waals surface area contributed by atoms with E-state index in [0.29, 0.717) is 54.4 Å². The van der Waals surface area contributed by atoms with Crippen molar-refractivity contribution in [2.45, 2.75) is 76.4 Å². The number of rotatable bonds is 13. The summed E-state index contributed by atoms with van der Waals surface area (Å²) < 4.78 is 65.4. The Hall–Kier alpha value is -4.34. The van der Waals surface area contributed by atoms with Crippen LogP contribution in [-0.4, -0.2) is 64.1 Å². The third-order valence-electron chi connectivity index (χ3n) is 8.32. The molecule has 0 aliphatic carbocycles. The molecular formula is C33H40F4N8O3. The van der Waals surface area contributed by atoms with Crippen LogP contribution in [0.5, 0.6) is 5.75 Å². The van der Waals surface area contributed by atoms with Gasteiger partial charge in [-0.2, -0.15) is 4.98 Å². The highest BCUT2D eigenvalue weighted by Crippen LogP contribution is 2.35. The molecule has 1 aliphatic heterocycles. The molecule has 0 unspecified atom stereocenters. The predicted molar refractivity (Wildman–Crippen MR) is 174 cm³/mol.